The van der Waals surface area contributed by atoms with E-state index in [-0.39, 0.29) is 16.8 Å². The van der Waals surface area contributed by atoms with E-state index in [1.807, 2.05) is 38.1 Å². The van der Waals surface area contributed by atoms with Crippen molar-refractivity contribution in [1.82, 2.24) is 9.62 Å². The van der Waals surface area contributed by atoms with Gasteiger partial charge in [-0.3, -0.25) is 4.79 Å². The molecule has 128 valence electrons. The minimum Gasteiger partial charge on any atom is -0.346 e. The van der Waals surface area contributed by atoms with Crippen molar-refractivity contribution in [2.24, 2.45) is 0 Å². The minimum absolute atomic E-state index is 0.100. The lowest BCUT2D eigenvalue weighted by atomic mass is 10.1. The maximum Gasteiger partial charge on any atom is 0.251 e. The third kappa shape index (κ3) is 4.01. The molecule has 1 atom stereocenters. The molecule has 0 saturated heterocycles. The minimum atomic E-state index is -3.56. The van der Waals surface area contributed by atoms with Crippen molar-refractivity contribution in [3.05, 3.63) is 65.2 Å². The summed E-state index contributed by atoms with van der Waals surface area (Å²) >= 11 is 0. The second-order valence-electron chi connectivity index (χ2n) is 5.92. The smallest absolute Gasteiger partial charge is 0.251 e. The fraction of sp³-hybridized carbons (Fsp3) is 0.278. The molecule has 1 N–H and O–H groups in total. The molecule has 1 unspecified atom stereocenters. The predicted molar refractivity (Wildman–Crippen MR) is 94.4 cm³/mol. The molecular formula is C18H22N2O3S. The van der Waals surface area contributed by atoms with Crippen LogP contribution < -0.4 is 5.32 Å². The van der Waals surface area contributed by atoms with Crippen LogP contribution in [0.5, 0.6) is 0 Å². The number of sulfonamides is 1. The summed E-state index contributed by atoms with van der Waals surface area (Å²) in [6.45, 7) is 3.90. The van der Waals surface area contributed by atoms with Gasteiger partial charge in [0.15, 0.2) is 0 Å². The first-order chi connectivity index (χ1) is 11.2. The van der Waals surface area contributed by atoms with Crippen molar-refractivity contribution in [2.75, 3.05) is 14.1 Å². The van der Waals surface area contributed by atoms with E-state index in [1.165, 1.54) is 26.2 Å². The van der Waals surface area contributed by atoms with Gasteiger partial charge in [-0.25, -0.2) is 12.7 Å². The Hall–Kier alpha value is -2.18. The Kier molecular flexibility index (Phi) is 5.41. The fourth-order valence-electron chi connectivity index (χ4n) is 2.23. The third-order valence-corrected chi connectivity index (χ3v) is 5.61. The second-order valence-corrected chi connectivity index (χ2v) is 8.07. The zero-order chi connectivity index (χ0) is 17.9. The number of rotatable bonds is 5. The highest BCUT2D eigenvalue weighted by atomic mass is 32.2. The van der Waals surface area contributed by atoms with Gasteiger partial charge in [-0.1, -0.05) is 35.9 Å². The Labute approximate surface area is 143 Å². The molecule has 0 aromatic heterocycles. The molecule has 0 aliphatic heterocycles. The summed E-state index contributed by atoms with van der Waals surface area (Å²) < 4.78 is 25.5. The zero-order valence-corrected chi connectivity index (χ0v) is 15.1. The number of hydrogen-bond donors (Lipinski definition) is 1. The predicted octanol–water partition coefficient (Wildman–Crippen LogP) is 2.74. The molecule has 1 amide bonds. The van der Waals surface area contributed by atoms with Crippen LogP contribution in [0.25, 0.3) is 0 Å². The zero-order valence-electron chi connectivity index (χ0n) is 14.3. The van der Waals surface area contributed by atoms with E-state index in [9.17, 15) is 13.2 Å². The summed E-state index contributed by atoms with van der Waals surface area (Å²) in [5, 5.41) is 2.89. The molecule has 2 aromatic carbocycles. The fourth-order valence-corrected chi connectivity index (χ4v) is 3.18. The lowest BCUT2D eigenvalue weighted by molar-refractivity contribution is 0.0939. The first-order valence-electron chi connectivity index (χ1n) is 7.62. The van der Waals surface area contributed by atoms with Crippen LogP contribution in [0.4, 0.5) is 0 Å². The molecular weight excluding hydrogens is 324 g/mol. The molecule has 6 heteroatoms. The van der Waals surface area contributed by atoms with E-state index in [1.54, 1.807) is 12.1 Å². The summed E-state index contributed by atoms with van der Waals surface area (Å²) in [7, 11) is -0.645. The highest BCUT2D eigenvalue weighted by Gasteiger charge is 2.19. The quantitative estimate of drug-likeness (QED) is 0.905. The van der Waals surface area contributed by atoms with Crippen molar-refractivity contribution in [3.63, 3.8) is 0 Å². The molecule has 0 radical (unpaired) electrons. The topological polar surface area (TPSA) is 66.5 Å². The van der Waals surface area contributed by atoms with Gasteiger partial charge in [0.1, 0.15) is 0 Å². The normalized spacial score (nSPS) is 12.9. The molecule has 2 rings (SSSR count). The first kappa shape index (κ1) is 18.2. The molecule has 5 nitrogen and oxygen atoms in total. The summed E-state index contributed by atoms with van der Waals surface area (Å²) in [4.78, 5) is 12.5. The van der Waals surface area contributed by atoms with E-state index in [2.05, 4.69) is 5.32 Å². The number of amides is 1. The molecule has 0 spiro atoms. The van der Waals surface area contributed by atoms with E-state index >= 15 is 0 Å². The van der Waals surface area contributed by atoms with Crippen LogP contribution in [0.2, 0.25) is 0 Å². The molecule has 2 aromatic rings. The molecule has 0 saturated carbocycles. The van der Waals surface area contributed by atoms with E-state index in [0.29, 0.717) is 5.56 Å². The Balaban J connectivity index is 2.20. The second kappa shape index (κ2) is 7.15. The Morgan fingerprint density at radius 3 is 2.29 bits per heavy atom. The summed E-state index contributed by atoms with van der Waals surface area (Å²) in [6, 6.07) is 13.8. The number of carbonyl (C=O) groups is 1. The van der Waals surface area contributed by atoms with Crippen LogP contribution in [-0.4, -0.2) is 32.7 Å². The summed E-state index contributed by atoms with van der Waals surface area (Å²) in [5.74, 6) is -0.307. The maximum absolute atomic E-state index is 12.4. The van der Waals surface area contributed by atoms with Gasteiger partial charge in [0.2, 0.25) is 10.0 Å². The summed E-state index contributed by atoms with van der Waals surface area (Å²) in [6.07, 6.45) is 0. The van der Waals surface area contributed by atoms with Gasteiger partial charge in [0.05, 0.1) is 10.9 Å². The Bertz CT molecular complexity index is 828. The van der Waals surface area contributed by atoms with E-state index in [4.69, 9.17) is 0 Å². The van der Waals surface area contributed by atoms with Gasteiger partial charge in [-0.2, -0.15) is 0 Å². The Morgan fingerprint density at radius 1 is 1.08 bits per heavy atom. The van der Waals surface area contributed by atoms with Crippen molar-refractivity contribution in [1.29, 1.82) is 0 Å². The summed E-state index contributed by atoms with van der Waals surface area (Å²) in [5.41, 5.74) is 2.46. The van der Waals surface area contributed by atoms with Gasteiger partial charge in [-0.15, -0.1) is 0 Å². The number of nitrogens with one attached hydrogen (secondary N) is 1. The van der Waals surface area contributed by atoms with Crippen LogP contribution in [0.1, 0.15) is 34.5 Å². The van der Waals surface area contributed by atoms with Gasteiger partial charge in [0.25, 0.3) is 5.91 Å². The highest BCUT2D eigenvalue weighted by Crippen LogP contribution is 2.17. The van der Waals surface area contributed by atoms with Crippen LogP contribution in [0.3, 0.4) is 0 Å². The SMILES string of the molecule is Cc1ccc(C(C)NC(=O)c2cccc(S(=O)(=O)N(C)C)c2)cc1. The van der Waals surface area contributed by atoms with Gasteiger partial charge in [0, 0.05) is 19.7 Å². The van der Waals surface area contributed by atoms with Crippen molar-refractivity contribution >= 4 is 15.9 Å². The number of aryl methyl sites for hydroxylation is 1. The highest BCUT2D eigenvalue weighted by molar-refractivity contribution is 7.89. The molecule has 0 bridgehead atoms. The molecule has 24 heavy (non-hydrogen) atoms. The molecule has 0 fully saturated rings. The average Bonchev–Trinajstić information content (AvgIpc) is 2.55. The number of hydrogen-bond acceptors (Lipinski definition) is 3. The maximum atomic E-state index is 12.4. The molecule has 0 aliphatic carbocycles. The van der Waals surface area contributed by atoms with E-state index < -0.39 is 10.0 Å². The Morgan fingerprint density at radius 2 is 1.71 bits per heavy atom. The lowest BCUT2D eigenvalue weighted by Gasteiger charge is -2.16. The largest absolute Gasteiger partial charge is 0.346 e. The lowest BCUT2D eigenvalue weighted by Crippen LogP contribution is -2.27. The average molecular weight is 346 g/mol. The number of carbonyl (C=O) groups excluding carboxylic acids is 1. The first-order valence-corrected chi connectivity index (χ1v) is 9.06. The molecule has 0 aliphatic rings. The van der Waals surface area contributed by atoms with Crippen molar-refractivity contribution in [3.8, 4) is 0 Å². The monoisotopic (exact) mass is 346 g/mol. The van der Waals surface area contributed by atoms with Crippen molar-refractivity contribution < 1.29 is 13.2 Å². The van der Waals surface area contributed by atoms with Crippen LogP contribution in [-0.2, 0) is 10.0 Å². The standard InChI is InChI=1S/C18H22N2O3S/c1-13-8-10-15(11-9-13)14(2)19-18(21)16-6-5-7-17(12-16)24(22,23)20(3)4/h5-12,14H,1-4H3,(H,19,21). The van der Waals surface area contributed by atoms with Crippen LogP contribution in [0.15, 0.2) is 53.4 Å². The van der Waals surface area contributed by atoms with Crippen LogP contribution in [0, 0.1) is 6.92 Å². The number of nitrogens with zero attached hydrogens (tertiary/aromatic N) is 1. The van der Waals surface area contributed by atoms with Crippen molar-refractivity contribution in [2.45, 2.75) is 24.8 Å². The molecule has 0 heterocycles. The van der Waals surface area contributed by atoms with Gasteiger partial charge < -0.3 is 5.32 Å². The number of benzene rings is 2. The van der Waals surface area contributed by atoms with Crippen LogP contribution >= 0.6 is 0 Å². The van der Waals surface area contributed by atoms with E-state index in [0.717, 1.165) is 15.4 Å². The van der Waals surface area contributed by atoms with Gasteiger partial charge in [-0.05, 0) is 37.6 Å². The third-order valence-electron chi connectivity index (χ3n) is 3.80. The van der Waals surface area contributed by atoms with Gasteiger partial charge >= 0.3 is 0 Å².